The Hall–Kier alpha value is -0.610. The van der Waals surface area contributed by atoms with E-state index in [1.807, 2.05) is 0 Å². The van der Waals surface area contributed by atoms with Gasteiger partial charge in [-0.1, -0.05) is 12.8 Å². The number of rotatable bonds is 7. The molecule has 2 unspecified atom stereocenters. The third kappa shape index (κ3) is 4.07. The number of amides is 1. The minimum absolute atomic E-state index is 0.338. The average molecular weight is 200 g/mol. The maximum Gasteiger partial charge on any atom is 0.236 e. The van der Waals surface area contributed by atoms with E-state index in [-0.39, 0.29) is 11.9 Å². The summed E-state index contributed by atoms with van der Waals surface area (Å²) < 4.78 is 4.92. The van der Waals surface area contributed by atoms with Crippen molar-refractivity contribution >= 4 is 5.91 Å². The molecule has 1 rings (SSSR count). The van der Waals surface area contributed by atoms with Crippen LogP contribution >= 0.6 is 0 Å². The Kier molecular flexibility index (Phi) is 4.35. The van der Waals surface area contributed by atoms with Gasteiger partial charge in [0, 0.05) is 13.2 Å². The van der Waals surface area contributed by atoms with Crippen molar-refractivity contribution in [1.29, 1.82) is 0 Å². The molecule has 1 aliphatic carbocycles. The molecule has 1 amide bonds. The first kappa shape index (κ1) is 11.5. The Bertz CT molecular complexity index is 193. The highest BCUT2D eigenvalue weighted by Gasteiger charge is 2.25. The van der Waals surface area contributed by atoms with E-state index < -0.39 is 0 Å². The van der Waals surface area contributed by atoms with Gasteiger partial charge in [0.25, 0.3) is 0 Å². The third-order valence-corrected chi connectivity index (χ3v) is 2.55. The van der Waals surface area contributed by atoms with Crippen molar-refractivity contribution in [2.45, 2.75) is 38.3 Å². The number of nitrogens with one attached hydrogen (secondary N) is 1. The van der Waals surface area contributed by atoms with E-state index in [0.717, 1.165) is 12.3 Å². The fourth-order valence-corrected chi connectivity index (χ4v) is 1.64. The molecule has 4 heteroatoms. The van der Waals surface area contributed by atoms with E-state index in [0.29, 0.717) is 12.6 Å². The predicted molar refractivity (Wildman–Crippen MR) is 54.8 cm³/mol. The number of nitrogens with two attached hydrogens (primary N) is 1. The van der Waals surface area contributed by atoms with E-state index in [1.54, 1.807) is 7.11 Å². The molecule has 14 heavy (non-hydrogen) atoms. The van der Waals surface area contributed by atoms with E-state index in [1.165, 1.54) is 12.8 Å². The Labute approximate surface area is 85.2 Å². The lowest BCUT2D eigenvalue weighted by Gasteiger charge is -2.20. The van der Waals surface area contributed by atoms with Gasteiger partial charge in [-0.3, -0.25) is 4.79 Å². The number of primary amides is 1. The largest absolute Gasteiger partial charge is 0.383 e. The van der Waals surface area contributed by atoms with Crippen LogP contribution in [0, 0.1) is 5.92 Å². The Morgan fingerprint density at radius 1 is 1.64 bits per heavy atom. The summed E-state index contributed by atoms with van der Waals surface area (Å²) in [6.45, 7) is 2.44. The van der Waals surface area contributed by atoms with Gasteiger partial charge in [0.15, 0.2) is 0 Å². The summed E-state index contributed by atoms with van der Waals surface area (Å²) in [5, 5.41) is 3.19. The summed E-state index contributed by atoms with van der Waals surface area (Å²) in [4.78, 5) is 11.0. The number of ether oxygens (including phenoxy) is 1. The molecule has 3 N–H and O–H groups in total. The number of hydrogen-bond donors (Lipinski definition) is 2. The second-order valence-electron chi connectivity index (χ2n) is 4.16. The molecule has 0 saturated heterocycles. The summed E-state index contributed by atoms with van der Waals surface area (Å²) in [6.07, 6.45) is 3.79. The average Bonchev–Trinajstić information content (AvgIpc) is 2.87. The van der Waals surface area contributed by atoms with Crippen LogP contribution < -0.4 is 11.1 Å². The van der Waals surface area contributed by atoms with Crippen LogP contribution in [0.15, 0.2) is 0 Å². The van der Waals surface area contributed by atoms with Gasteiger partial charge in [-0.25, -0.2) is 0 Å². The third-order valence-electron chi connectivity index (χ3n) is 2.55. The lowest BCUT2D eigenvalue weighted by molar-refractivity contribution is -0.121. The molecule has 0 aromatic rings. The standard InChI is InChI=1S/C10H20N2O2/c1-7(5-8-3-4-8)12-9(6-14-2)10(11)13/h7-9,12H,3-6H2,1-2H3,(H2,11,13). The highest BCUT2D eigenvalue weighted by molar-refractivity contribution is 5.80. The van der Waals surface area contributed by atoms with Crippen LogP contribution in [-0.2, 0) is 9.53 Å². The van der Waals surface area contributed by atoms with Crippen molar-refractivity contribution in [2.75, 3.05) is 13.7 Å². The Morgan fingerprint density at radius 2 is 2.29 bits per heavy atom. The van der Waals surface area contributed by atoms with Gasteiger partial charge in [-0.15, -0.1) is 0 Å². The highest BCUT2D eigenvalue weighted by atomic mass is 16.5. The van der Waals surface area contributed by atoms with Crippen molar-refractivity contribution in [3.63, 3.8) is 0 Å². The van der Waals surface area contributed by atoms with Crippen molar-refractivity contribution in [3.05, 3.63) is 0 Å². The normalized spacial score (nSPS) is 20.4. The van der Waals surface area contributed by atoms with Crippen molar-refractivity contribution in [1.82, 2.24) is 5.32 Å². The Balaban J connectivity index is 2.25. The molecule has 0 radical (unpaired) electrons. The van der Waals surface area contributed by atoms with Gasteiger partial charge >= 0.3 is 0 Å². The number of hydrogen-bond acceptors (Lipinski definition) is 3. The van der Waals surface area contributed by atoms with Crippen molar-refractivity contribution in [2.24, 2.45) is 11.7 Å². The fraction of sp³-hybridized carbons (Fsp3) is 0.900. The van der Waals surface area contributed by atoms with Crippen molar-refractivity contribution < 1.29 is 9.53 Å². The van der Waals surface area contributed by atoms with Gasteiger partial charge in [-0.05, 0) is 19.3 Å². The SMILES string of the molecule is COCC(NC(C)CC1CC1)C(N)=O. The molecule has 0 aromatic heterocycles. The molecule has 0 bridgehead atoms. The molecular formula is C10H20N2O2. The van der Waals surface area contributed by atoms with Crippen LogP contribution in [0.2, 0.25) is 0 Å². The molecule has 1 fully saturated rings. The van der Waals surface area contributed by atoms with Crippen LogP contribution in [0.1, 0.15) is 26.2 Å². The van der Waals surface area contributed by atoms with Crippen LogP contribution in [-0.4, -0.2) is 31.7 Å². The van der Waals surface area contributed by atoms with Crippen LogP contribution in [0.4, 0.5) is 0 Å². The molecule has 1 aliphatic rings. The number of carbonyl (C=O) groups is 1. The molecule has 0 heterocycles. The van der Waals surface area contributed by atoms with Crippen LogP contribution in [0.25, 0.3) is 0 Å². The molecular weight excluding hydrogens is 180 g/mol. The van der Waals surface area contributed by atoms with Crippen LogP contribution in [0.5, 0.6) is 0 Å². The maximum absolute atomic E-state index is 11.0. The minimum Gasteiger partial charge on any atom is -0.383 e. The molecule has 82 valence electrons. The van der Waals surface area contributed by atoms with Gasteiger partial charge in [-0.2, -0.15) is 0 Å². The summed E-state index contributed by atoms with van der Waals surface area (Å²) in [6, 6.07) is -0.0103. The van der Waals surface area contributed by atoms with E-state index in [2.05, 4.69) is 12.2 Å². The van der Waals surface area contributed by atoms with E-state index in [4.69, 9.17) is 10.5 Å². The highest BCUT2D eigenvalue weighted by Crippen LogP contribution is 2.33. The lowest BCUT2D eigenvalue weighted by Crippen LogP contribution is -2.48. The monoisotopic (exact) mass is 200 g/mol. The fourth-order valence-electron chi connectivity index (χ4n) is 1.64. The molecule has 1 saturated carbocycles. The first-order valence-corrected chi connectivity index (χ1v) is 5.17. The summed E-state index contributed by atoms with van der Waals surface area (Å²) >= 11 is 0. The number of methoxy groups -OCH3 is 1. The van der Waals surface area contributed by atoms with Crippen molar-refractivity contribution in [3.8, 4) is 0 Å². The second kappa shape index (κ2) is 5.32. The topological polar surface area (TPSA) is 64.3 Å². The predicted octanol–water partition coefficient (Wildman–Crippen LogP) is 0.265. The minimum atomic E-state index is -0.353. The second-order valence-corrected chi connectivity index (χ2v) is 4.16. The molecule has 0 aromatic carbocycles. The summed E-state index contributed by atoms with van der Waals surface area (Å²) in [5.41, 5.74) is 5.24. The maximum atomic E-state index is 11.0. The quantitative estimate of drug-likeness (QED) is 0.620. The van der Waals surface area contributed by atoms with Crippen LogP contribution in [0.3, 0.4) is 0 Å². The summed E-state index contributed by atoms with van der Waals surface area (Å²) in [7, 11) is 1.57. The van der Waals surface area contributed by atoms with Gasteiger partial charge in [0.2, 0.25) is 5.91 Å². The zero-order chi connectivity index (χ0) is 10.6. The lowest BCUT2D eigenvalue weighted by atomic mass is 10.1. The van der Waals surface area contributed by atoms with E-state index >= 15 is 0 Å². The summed E-state index contributed by atoms with van der Waals surface area (Å²) in [5.74, 6) is 0.517. The molecule has 4 nitrogen and oxygen atoms in total. The zero-order valence-electron chi connectivity index (χ0n) is 8.95. The Morgan fingerprint density at radius 3 is 2.71 bits per heavy atom. The molecule has 0 spiro atoms. The van der Waals surface area contributed by atoms with Gasteiger partial charge in [0.1, 0.15) is 6.04 Å². The number of carbonyl (C=O) groups excluding carboxylic acids is 1. The first-order chi connectivity index (χ1) is 6.63. The van der Waals surface area contributed by atoms with Gasteiger partial charge < -0.3 is 15.8 Å². The molecule has 2 atom stereocenters. The first-order valence-electron chi connectivity index (χ1n) is 5.17. The molecule has 0 aliphatic heterocycles. The zero-order valence-corrected chi connectivity index (χ0v) is 8.95. The van der Waals surface area contributed by atoms with Gasteiger partial charge in [0.05, 0.1) is 6.61 Å². The smallest absolute Gasteiger partial charge is 0.236 e. The van der Waals surface area contributed by atoms with E-state index in [9.17, 15) is 4.79 Å².